The average molecular weight is 464 g/mol. The Morgan fingerprint density at radius 2 is 1.62 bits per heavy atom. The van der Waals surface area contributed by atoms with E-state index in [2.05, 4.69) is 27.0 Å². The molecule has 3 aromatic rings. The van der Waals surface area contributed by atoms with Crippen LogP contribution in [0.15, 0.2) is 65.7 Å². The molecule has 1 aliphatic heterocycles. The molecule has 0 saturated carbocycles. The van der Waals surface area contributed by atoms with Gasteiger partial charge in [-0.1, -0.05) is 30.3 Å². The molecule has 2 aromatic carbocycles. The van der Waals surface area contributed by atoms with Gasteiger partial charge in [0.1, 0.15) is 6.33 Å². The molecule has 0 bridgehead atoms. The second-order valence-electron chi connectivity index (χ2n) is 9.11. The highest BCUT2D eigenvalue weighted by atomic mass is 16.4. The maximum absolute atomic E-state index is 12.5. The van der Waals surface area contributed by atoms with Gasteiger partial charge in [0.25, 0.3) is 0 Å². The molecule has 0 spiro atoms. The van der Waals surface area contributed by atoms with E-state index in [0.717, 1.165) is 56.1 Å². The average Bonchev–Trinajstić information content (AvgIpc) is 3.24. The van der Waals surface area contributed by atoms with Crippen molar-refractivity contribution in [3.05, 3.63) is 77.0 Å². The molecule has 1 aromatic heterocycles. The van der Waals surface area contributed by atoms with Crippen LogP contribution in [-0.2, 0) is 4.79 Å². The summed E-state index contributed by atoms with van der Waals surface area (Å²) < 4.78 is 3.05. The van der Waals surface area contributed by atoms with Gasteiger partial charge in [-0.3, -0.25) is 9.69 Å². The second-order valence-corrected chi connectivity index (χ2v) is 9.11. The summed E-state index contributed by atoms with van der Waals surface area (Å²) in [4.78, 5) is 29.0. The third-order valence-electron chi connectivity index (χ3n) is 6.52. The lowest BCUT2D eigenvalue weighted by atomic mass is 9.94. The van der Waals surface area contributed by atoms with E-state index in [1.165, 1.54) is 4.68 Å². The number of benzene rings is 2. The maximum Gasteiger partial charge on any atom is 0.350 e. The minimum atomic E-state index is -0.752. The molecule has 34 heavy (non-hydrogen) atoms. The molecular formula is C26H33N5O3. The number of carbonyl (C=O) groups is 1. The SMILES string of the molecule is CC(C)n1ncn(-c2ccc(N3CCN(CCCC(C(=O)O)c4ccccc4)CC3)cc2)c1=O. The number of hydrogen-bond donors (Lipinski definition) is 1. The van der Waals surface area contributed by atoms with Crippen molar-refractivity contribution in [1.82, 2.24) is 19.2 Å². The Bertz CT molecular complexity index is 1130. The second kappa shape index (κ2) is 10.7. The van der Waals surface area contributed by atoms with Gasteiger partial charge in [-0.25, -0.2) is 14.0 Å². The smallest absolute Gasteiger partial charge is 0.350 e. The first-order chi connectivity index (χ1) is 16.4. The van der Waals surface area contributed by atoms with E-state index in [-0.39, 0.29) is 11.7 Å². The molecule has 4 rings (SSSR count). The van der Waals surface area contributed by atoms with Crippen molar-refractivity contribution in [2.24, 2.45) is 0 Å². The van der Waals surface area contributed by atoms with Crippen LogP contribution in [-0.4, -0.2) is 63.0 Å². The Labute approximate surface area is 200 Å². The molecule has 1 fully saturated rings. The summed E-state index contributed by atoms with van der Waals surface area (Å²) in [5, 5.41) is 13.8. The molecule has 0 radical (unpaired) electrons. The van der Waals surface area contributed by atoms with Gasteiger partial charge in [-0.05, 0) is 63.1 Å². The molecule has 0 amide bonds. The molecule has 2 heterocycles. The molecule has 1 atom stereocenters. The lowest BCUT2D eigenvalue weighted by Gasteiger charge is -2.36. The van der Waals surface area contributed by atoms with Crippen molar-refractivity contribution in [2.45, 2.75) is 38.6 Å². The third kappa shape index (κ3) is 5.39. The Morgan fingerprint density at radius 1 is 0.971 bits per heavy atom. The van der Waals surface area contributed by atoms with Gasteiger partial charge in [-0.15, -0.1) is 0 Å². The molecule has 1 unspecified atom stereocenters. The molecule has 8 nitrogen and oxygen atoms in total. The molecule has 1 aliphatic rings. The van der Waals surface area contributed by atoms with Crippen LogP contribution in [0.3, 0.4) is 0 Å². The number of nitrogens with zero attached hydrogens (tertiary/aromatic N) is 5. The van der Waals surface area contributed by atoms with E-state index in [1.54, 1.807) is 10.9 Å². The van der Waals surface area contributed by atoms with E-state index < -0.39 is 11.9 Å². The predicted octanol–water partition coefficient (Wildman–Crippen LogP) is 3.39. The van der Waals surface area contributed by atoms with E-state index in [4.69, 9.17) is 0 Å². The molecular weight excluding hydrogens is 430 g/mol. The largest absolute Gasteiger partial charge is 0.481 e. The van der Waals surface area contributed by atoms with Crippen LogP contribution in [0, 0.1) is 0 Å². The summed E-state index contributed by atoms with van der Waals surface area (Å²) in [6.07, 6.45) is 3.08. The van der Waals surface area contributed by atoms with E-state index in [1.807, 2.05) is 56.3 Å². The quantitative estimate of drug-likeness (QED) is 0.524. The Balaban J connectivity index is 1.28. The minimum absolute atomic E-state index is 0.0256. The number of hydrogen-bond acceptors (Lipinski definition) is 5. The van der Waals surface area contributed by atoms with Crippen molar-refractivity contribution in [3.63, 3.8) is 0 Å². The Hall–Kier alpha value is -3.39. The predicted molar refractivity (Wildman–Crippen MR) is 133 cm³/mol. The summed E-state index contributed by atoms with van der Waals surface area (Å²) in [5.74, 6) is -1.19. The first-order valence-corrected chi connectivity index (χ1v) is 12.0. The normalized spacial score (nSPS) is 15.6. The van der Waals surface area contributed by atoms with Gasteiger partial charge >= 0.3 is 11.7 Å². The van der Waals surface area contributed by atoms with Gasteiger partial charge in [0, 0.05) is 31.9 Å². The van der Waals surface area contributed by atoms with Crippen molar-refractivity contribution >= 4 is 11.7 Å². The summed E-state index contributed by atoms with van der Waals surface area (Å²) >= 11 is 0. The number of carboxylic acids is 1. The van der Waals surface area contributed by atoms with E-state index in [9.17, 15) is 14.7 Å². The summed E-state index contributed by atoms with van der Waals surface area (Å²) in [6.45, 7) is 8.53. The summed E-state index contributed by atoms with van der Waals surface area (Å²) in [6, 6.07) is 17.6. The highest BCUT2D eigenvalue weighted by Crippen LogP contribution is 2.23. The Kier molecular flexibility index (Phi) is 7.47. The van der Waals surface area contributed by atoms with Crippen LogP contribution in [0.1, 0.15) is 44.2 Å². The van der Waals surface area contributed by atoms with Gasteiger partial charge in [0.05, 0.1) is 17.6 Å². The lowest BCUT2D eigenvalue weighted by molar-refractivity contribution is -0.139. The van der Waals surface area contributed by atoms with Gasteiger partial charge < -0.3 is 10.0 Å². The fourth-order valence-electron chi connectivity index (χ4n) is 4.54. The highest BCUT2D eigenvalue weighted by Gasteiger charge is 2.21. The first-order valence-electron chi connectivity index (χ1n) is 12.0. The fraction of sp³-hybridized carbons (Fsp3) is 0.423. The van der Waals surface area contributed by atoms with Gasteiger partial charge in [0.15, 0.2) is 0 Å². The molecule has 180 valence electrons. The van der Waals surface area contributed by atoms with Gasteiger partial charge in [0.2, 0.25) is 0 Å². The number of piperazine rings is 1. The zero-order chi connectivity index (χ0) is 24.1. The Morgan fingerprint density at radius 3 is 2.21 bits per heavy atom. The van der Waals surface area contributed by atoms with Crippen molar-refractivity contribution in [3.8, 4) is 5.69 Å². The van der Waals surface area contributed by atoms with E-state index >= 15 is 0 Å². The van der Waals surface area contributed by atoms with Crippen LogP contribution >= 0.6 is 0 Å². The van der Waals surface area contributed by atoms with Crippen molar-refractivity contribution < 1.29 is 9.90 Å². The lowest BCUT2D eigenvalue weighted by Crippen LogP contribution is -2.46. The van der Waals surface area contributed by atoms with E-state index in [0.29, 0.717) is 6.42 Å². The number of anilines is 1. The monoisotopic (exact) mass is 463 g/mol. The number of rotatable bonds is 9. The first kappa shape index (κ1) is 23.8. The standard InChI is InChI=1S/C26H33N5O3/c1-20(2)31-26(34)30(19-27-31)23-12-10-22(11-13-23)29-17-15-28(16-18-29)14-6-9-24(25(32)33)21-7-4-3-5-8-21/h3-5,7-8,10-13,19-20,24H,6,9,14-18H2,1-2H3,(H,32,33). The van der Waals surface area contributed by atoms with Crippen molar-refractivity contribution in [1.29, 1.82) is 0 Å². The highest BCUT2D eigenvalue weighted by molar-refractivity contribution is 5.76. The molecule has 1 N–H and O–H groups in total. The molecule has 0 aliphatic carbocycles. The molecule has 1 saturated heterocycles. The summed E-state index contributed by atoms with van der Waals surface area (Å²) in [7, 11) is 0. The topological polar surface area (TPSA) is 83.6 Å². The van der Waals surface area contributed by atoms with Crippen LogP contribution < -0.4 is 10.6 Å². The third-order valence-corrected chi connectivity index (χ3v) is 6.52. The number of aliphatic carboxylic acids is 1. The number of carboxylic acid groups (broad SMARTS) is 1. The van der Waals surface area contributed by atoms with Crippen LogP contribution in [0.25, 0.3) is 5.69 Å². The van der Waals surface area contributed by atoms with Crippen molar-refractivity contribution in [2.75, 3.05) is 37.6 Å². The van der Waals surface area contributed by atoms with Gasteiger partial charge in [-0.2, -0.15) is 5.10 Å². The van der Waals surface area contributed by atoms with Crippen LogP contribution in [0.5, 0.6) is 0 Å². The zero-order valence-corrected chi connectivity index (χ0v) is 19.9. The fourth-order valence-corrected chi connectivity index (χ4v) is 4.54. The zero-order valence-electron chi connectivity index (χ0n) is 19.9. The minimum Gasteiger partial charge on any atom is -0.481 e. The maximum atomic E-state index is 12.5. The molecule has 8 heteroatoms. The number of aromatic nitrogens is 3. The van der Waals surface area contributed by atoms with Crippen LogP contribution in [0.2, 0.25) is 0 Å². The van der Waals surface area contributed by atoms with Crippen LogP contribution in [0.4, 0.5) is 5.69 Å². The summed E-state index contributed by atoms with van der Waals surface area (Å²) in [5.41, 5.74) is 2.70.